The zero-order chi connectivity index (χ0) is 14.5. The molecule has 1 aromatic carbocycles. The zero-order valence-electron chi connectivity index (χ0n) is 11.9. The number of carbonyl (C=O) groups is 1. The number of carbonyl (C=O) groups excluding carboxylic acids is 1. The highest BCUT2D eigenvalue weighted by atomic mass is 16.3. The van der Waals surface area contributed by atoms with E-state index in [1.807, 2.05) is 49.4 Å². The number of furan rings is 1. The van der Waals surface area contributed by atoms with Crippen LogP contribution in [-0.4, -0.2) is 23.9 Å². The molecule has 2 N–H and O–H groups in total. The smallest absolute Gasteiger partial charge is 0.239 e. The van der Waals surface area contributed by atoms with Gasteiger partial charge in [0.05, 0.1) is 12.6 Å². The Morgan fingerprint density at radius 3 is 2.55 bits per heavy atom. The molecule has 1 atom stereocenters. The quantitative estimate of drug-likeness (QED) is 0.907. The van der Waals surface area contributed by atoms with Crippen LogP contribution < -0.4 is 5.73 Å². The SMILES string of the molecule is Cc1ccc(CN(C)C(=O)C(N)Cc2ccccc2)o1. The monoisotopic (exact) mass is 272 g/mol. The third kappa shape index (κ3) is 3.71. The van der Waals surface area contributed by atoms with E-state index < -0.39 is 6.04 Å². The lowest BCUT2D eigenvalue weighted by Gasteiger charge is -2.20. The molecule has 0 aliphatic carbocycles. The lowest BCUT2D eigenvalue weighted by molar-refractivity contribution is -0.132. The summed E-state index contributed by atoms with van der Waals surface area (Å²) in [5, 5.41) is 0. The Labute approximate surface area is 119 Å². The van der Waals surface area contributed by atoms with Crippen LogP contribution in [0.3, 0.4) is 0 Å². The van der Waals surface area contributed by atoms with Crippen LogP contribution in [0.2, 0.25) is 0 Å². The number of likely N-dealkylation sites (N-methyl/N-ethyl adjacent to an activating group) is 1. The van der Waals surface area contributed by atoms with E-state index in [9.17, 15) is 4.79 Å². The van der Waals surface area contributed by atoms with Gasteiger partial charge in [0.25, 0.3) is 0 Å². The average Bonchev–Trinajstić information content (AvgIpc) is 2.84. The van der Waals surface area contributed by atoms with Crippen LogP contribution in [0.25, 0.3) is 0 Å². The fourth-order valence-corrected chi connectivity index (χ4v) is 2.12. The second-order valence-electron chi connectivity index (χ2n) is 5.00. The first-order valence-electron chi connectivity index (χ1n) is 6.66. The summed E-state index contributed by atoms with van der Waals surface area (Å²) in [5.74, 6) is 1.53. The van der Waals surface area contributed by atoms with Crippen LogP contribution >= 0.6 is 0 Å². The van der Waals surface area contributed by atoms with Crippen molar-refractivity contribution in [3.8, 4) is 0 Å². The van der Waals surface area contributed by atoms with Gasteiger partial charge < -0.3 is 15.1 Å². The maximum absolute atomic E-state index is 12.2. The molecule has 1 heterocycles. The van der Waals surface area contributed by atoms with Gasteiger partial charge >= 0.3 is 0 Å². The minimum Gasteiger partial charge on any atom is -0.464 e. The molecule has 0 bridgehead atoms. The fourth-order valence-electron chi connectivity index (χ4n) is 2.12. The summed E-state index contributed by atoms with van der Waals surface area (Å²) in [6, 6.07) is 13.0. The molecule has 1 amide bonds. The number of nitrogens with zero attached hydrogens (tertiary/aromatic N) is 1. The summed E-state index contributed by atoms with van der Waals surface area (Å²) >= 11 is 0. The van der Waals surface area contributed by atoms with Crippen molar-refractivity contribution in [3.63, 3.8) is 0 Å². The van der Waals surface area contributed by atoms with Gasteiger partial charge in [0, 0.05) is 7.05 Å². The summed E-state index contributed by atoms with van der Waals surface area (Å²) in [6.45, 7) is 2.32. The molecule has 2 rings (SSSR count). The second kappa shape index (κ2) is 6.39. The fraction of sp³-hybridized carbons (Fsp3) is 0.312. The van der Waals surface area contributed by atoms with Gasteiger partial charge in [0.15, 0.2) is 0 Å². The van der Waals surface area contributed by atoms with E-state index >= 15 is 0 Å². The molecule has 20 heavy (non-hydrogen) atoms. The van der Waals surface area contributed by atoms with Crippen molar-refractivity contribution in [2.24, 2.45) is 5.73 Å². The summed E-state index contributed by atoms with van der Waals surface area (Å²) in [4.78, 5) is 13.8. The predicted molar refractivity (Wildman–Crippen MR) is 78.0 cm³/mol. The Morgan fingerprint density at radius 2 is 1.95 bits per heavy atom. The molecule has 4 nitrogen and oxygen atoms in total. The van der Waals surface area contributed by atoms with E-state index in [0.29, 0.717) is 13.0 Å². The topological polar surface area (TPSA) is 59.5 Å². The minimum atomic E-state index is -0.529. The molecule has 0 radical (unpaired) electrons. The molecule has 0 aliphatic heterocycles. The lowest BCUT2D eigenvalue weighted by Crippen LogP contribution is -2.42. The van der Waals surface area contributed by atoms with Crippen molar-refractivity contribution >= 4 is 5.91 Å². The Kier molecular flexibility index (Phi) is 4.58. The number of aryl methyl sites for hydroxylation is 1. The molecule has 1 aromatic heterocycles. The average molecular weight is 272 g/mol. The third-order valence-corrected chi connectivity index (χ3v) is 3.18. The van der Waals surface area contributed by atoms with Crippen LogP contribution in [-0.2, 0) is 17.8 Å². The van der Waals surface area contributed by atoms with Crippen LogP contribution in [0, 0.1) is 6.92 Å². The first kappa shape index (κ1) is 14.3. The number of hydrogen-bond acceptors (Lipinski definition) is 3. The molecular formula is C16H20N2O2. The maximum atomic E-state index is 12.2. The van der Waals surface area contributed by atoms with Gasteiger partial charge in [0.2, 0.25) is 5.91 Å². The van der Waals surface area contributed by atoms with E-state index in [2.05, 4.69) is 0 Å². The van der Waals surface area contributed by atoms with Gasteiger partial charge in [-0.05, 0) is 31.0 Å². The Morgan fingerprint density at radius 1 is 1.25 bits per heavy atom. The summed E-state index contributed by atoms with van der Waals surface area (Å²) in [7, 11) is 1.74. The van der Waals surface area contributed by atoms with E-state index in [1.54, 1.807) is 11.9 Å². The van der Waals surface area contributed by atoms with Crippen molar-refractivity contribution in [1.29, 1.82) is 0 Å². The standard InChI is InChI=1S/C16H20N2O2/c1-12-8-9-14(20-12)11-18(2)16(19)15(17)10-13-6-4-3-5-7-13/h3-9,15H,10-11,17H2,1-2H3. The molecule has 0 fully saturated rings. The summed E-state index contributed by atoms with van der Waals surface area (Å²) in [5.41, 5.74) is 7.05. The molecule has 1 unspecified atom stereocenters. The normalized spacial score (nSPS) is 12.2. The predicted octanol–water partition coefficient (Wildman–Crippen LogP) is 2.12. The molecule has 2 aromatic rings. The first-order chi connectivity index (χ1) is 9.56. The Bertz CT molecular complexity index is 563. The van der Waals surface area contributed by atoms with E-state index in [-0.39, 0.29) is 5.91 Å². The maximum Gasteiger partial charge on any atom is 0.239 e. The van der Waals surface area contributed by atoms with Crippen molar-refractivity contribution < 1.29 is 9.21 Å². The molecule has 0 aliphatic rings. The number of hydrogen-bond donors (Lipinski definition) is 1. The number of nitrogens with two attached hydrogens (primary N) is 1. The van der Waals surface area contributed by atoms with Crippen LogP contribution in [0.4, 0.5) is 0 Å². The van der Waals surface area contributed by atoms with E-state index in [0.717, 1.165) is 17.1 Å². The molecule has 4 heteroatoms. The van der Waals surface area contributed by atoms with Crippen molar-refractivity contribution in [2.45, 2.75) is 25.9 Å². The highest BCUT2D eigenvalue weighted by Crippen LogP contribution is 2.10. The van der Waals surface area contributed by atoms with Crippen molar-refractivity contribution in [2.75, 3.05) is 7.05 Å². The molecule has 0 saturated heterocycles. The van der Waals surface area contributed by atoms with Gasteiger partial charge in [-0.1, -0.05) is 30.3 Å². The Balaban J connectivity index is 1.92. The molecular weight excluding hydrogens is 252 g/mol. The number of amides is 1. The van der Waals surface area contributed by atoms with Gasteiger partial charge in [-0.2, -0.15) is 0 Å². The highest BCUT2D eigenvalue weighted by Gasteiger charge is 2.19. The zero-order valence-corrected chi connectivity index (χ0v) is 11.9. The van der Waals surface area contributed by atoms with Gasteiger partial charge in [-0.25, -0.2) is 0 Å². The number of rotatable bonds is 5. The van der Waals surface area contributed by atoms with E-state index in [4.69, 9.17) is 10.2 Å². The van der Waals surface area contributed by atoms with Gasteiger partial charge in [-0.3, -0.25) is 4.79 Å². The second-order valence-corrected chi connectivity index (χ2v) is 5.00. The molecule has 0 saturated carbocycles. The number of benzene rings is 1. The van der Waals surface area contributed by atoms with Crippen LogP contribution in [0.5, 0.6) is 0 Å². The summed E-state index contributed by atoms with van der Waals surface area (Å²) in [6.07, 6.45) is 0.543. The first-order valence-corrected chi connectivity index (χ1v) is 6.66. The highest BCUT2D eigenvalue weighted by molar-refractivity contribution is 5.81. The molecule has 106 valence electrons. The third-order valence-electron chi connectivity index (χ3n) is 3.18. The van der Waals surface area contributed by atoms with Crippen LogP contribution in [0.15, 0.2) is 46.9 Å². The Hall–Kier alpha value is -2.07. The lowest BCUT2D eigenvalue weighted by atomic mass is 10.1. The minimum absolute atomic E-state index is 0.0806. The van der Waals surface area contributed by atoms with Crippen molar-refractivity contribution in [3.05, 3.63) is 59.5 Å². The van der Waals surface area contributed by atoms with Crippen LogP contribution in [0.1, 0.15) is 17.1 Å². The van der Waals surface area contributed by atoms with E-state index in [1.165, 1.54) is 0 Å². The summed E-state index contributed by atoms with van der Waals surface area (Å²) < 4.78 is 5.47. The van der Waals surface area contributed by atoms with Gasteiger partial charge in [0.1, 0.15) is 11.5 Å². The molecule has 0 spiro atoms. The van der Waals surface area contributed by atoms with Crippen molar-refractivity contribution in [1.82, 2.24) is 4.90 Å². The van der Waals surface area contributed by atoms with Gasteiger partial charge in [-0.15, -0.1) is 0 Å². The largest absolute Gasteiger partial charge is 0.464 e.